The third-order valence-electron chi connectivity index (χ3n) is 3.35. The van der Waals surface area contributed by atoms with Crippen molar-refractivity contribution >= 4 is 17.8 Å². The van der Waals surface area contributed by atoms with Crippen LogP contribution in [0.5, 0.6) is 0 Å². The summed E-state index contributed by atoms with van der Waals surface area (Å²) in [7, 11) is 0. The Bertz CT molecular complexity index is 469. The largest absolute Gasteiger partial charge is 0.481 e. The Labute approximate surface area is 95.8 Å². The van der Waals surface area contributed by atoms with E-state index in [4.69, 9.17) is 9.84 Å². The normalized spacial score (nSPS) is 35.2. The van der Waals surface area contributed by atoms with Crippen molar-refractivity contribution in [2.75, 3.05) is 6.54 Å². The van der Waals surface area contributed by atoms with Gasteiger partial charge in [-0.15, -0.1) is 0 Å². The molecule has 3 aliphatic heterocycles. The molecule has 1 saturated heterocycles. The van der Waals surface area contributed by atoms with Crippen molar-refractivity contribution < 1.29 is 24.2 Å². The molecule has 3 N–H and O–H groups in total. The van der Waals surface area contributed by atoms with Gasteiger partial charge in [-0.25, -0.2) is 0 Å². The van der Waals surface area contributed by atoms with E-state index >= 15 is 0 Å². The maximum Gasteiger partial charge on any atom is 0.310 e. The van der Waals surface area contributed by atoms with Crippen molar-refractivity contribution in [3.8, 4) is 0 Å². The number of fused-ring (bicyclic) bond motifs is 2. The van der Waals surface area contributed by atoms with Gasteiger partial charge in [-0.1, -0.05) is 0 Å². The third-order valence-corrected chi connectivity index (χ3v) is 3.35. The highest BCUT2D eigenvalue weighted by Gasteiger charge is 2.52. The molecule has 0 saturated carbocycles. The van der Waals surface area contributed by atoms with Crippen LogP contribution in [0.3, 0.4) is 0 Å². The van der Waals surface area contributed by atoms with E-state index in [1.54, 1.807) is 0 Å². The zero-order chi connectivity index (χ0) is 12.2. The number of aliphatic carboxylic acids is 1. The van der Waals surface area contributed by atoms with E-state index in [-0.39, 0.29) is 11.3 Å². The molecule has 0 aromatic rings. The van der Waals surface area contributed by atoms with E-state index in [1.807, 2.05) is 0 Å². The van der Waals surface area contributed by atoms with Gasteiger partial charge in [0.15, 0.2) is 5.76 Å². The minimum atomic E-state index is -0.962. The van der Waals surface area contributed by atoms with Crippen LogP contribution in [0.15, 0.2) is 11.3 Å². The Balaban J connectivity index is 1.95. The van der Waals surface area contributed by atoms with Crippen LogP contribution < -0.4 is 10.6 Å². The smallest absolute Gasteiger partial charge is 0.310 e. The summed E-state index contributed by atoms with van der Waals surface area (Å²) in [5.41, 5.74) is 0.242. The van der Waals surface area contributed by atoms with E-state index in [2.05, 4.69) is 10.6 Å². The van der Waals surface area contributed by atoms with Gasteiger partial charge in [-0.2, -0.15) is 0 Å². The second-order valence-electron chi connectivity index (χ2n) is 4.27. The molecular weight excluding hydrogens is 228 g/mol. The second-order valence-corrected chi connectivity index (χ2v) is 4.27. The van der Waals surface area contributed by atoms with E-state index in [9.17, 15) is 14.4 Å². The maximum atomic E-state index is 11.5. The van der Waals surface area contributed by atoms with Gasteiger partial charge in [0.2, 0.25) is 0 Å². The monoisotopic (exact) mass is 238 g/mol. The Hall–Kier alpha value is -1.89. The fourth-order valence-corrected chi connectivity index (χ4v) is 2.58. The number of carboxylic acids is 1. The summed E-state index contributed by atoms with van der Waals surface area (Å²) >= 11 is 0. The third kappa shape index (κ3) is 1.29. The molecular formula is C10H10N2O5. The summed E-state index contributed by atoms with van der Waals surface area (Å²) in [6, 6.07) is -0.494. The average Bonchev–Trinajstić information content (AvgIpc) is 2.78. The standard InChI is InChI=1S/C10H10N2O5/c13-8-4-5-6(17-7(4)9(14)12-8)3(10(15)16)1-2-11-5/h3,5-6,11H,1-2H2,(H,15,16)(H,12,13,14). The number of carboxylic acid groups (broad SMARTS) is 1. The minimum Gasteiger partial charge on any atom is -0.481 e. The number of piperidine rings is 1. The van der Waals surface area contributed by atoms with Crippen molar-refractivity contribution in [3.05, 3.63) is 11.3 Å². The highest BCUT2D eigenvalue weighted by Crippen LogP contribution is 2.36. The molecule has 0 spiro atoms. The number of imide groups is 1. The van der Waals surface area contributed by atoms with E-state index < -0.39 is 35.8 Å². The van der Waals surface area contributed by atoms with Crippen molar-refractivity contribution in [1.82, 2.24) is 10.6 Å². The molecule has 7 nitrogen and oxygen atoms in total. The van der Waals surface area contributed by atoms with Gasteiger partial charge >= 0.3 is 5.97 Å². The fraction of sp³-hybridized carbons (Fsp3) is 0.500. The Morgan fingerprint density at radius 3 is 2.82 bits per heavy atom. The number of hydrogen-bond acceptors (Lipinski definition) is 5. The van der Waals surface area contributed by atoms with Gasteiger partial charge in [0.05, 0.1) is 17.5 Å². The van der Waals surface area contributed by atoms with Crippen molar-refractivity contribution in [2.45, 2.75) is 18.6 Å². The predicted octanol–water partition coefficient (Wildman–Crippen LogP) is -1.64. The van der Waals surface area contributed by atoms with Gasteiger partial charge in [0.25, 0.3) is 11.8 Å². The Kier molecular flexibility index (Phi) is 1.99. The molecule has 7 heteroatoms. The molecule has 0 aliphatic carbocycles. The molecule has 90 valence electrons. The van der Waals surface area contributed by atoms with E-state index in [1.165, 1.54) is 0 Å². The van der Waals surface area contributed by atoms with Gasteiger partial charge in [-0.3, -0.25) is 19.7 Å². The summed E-state index contributed by atoms with van der Waals surface area (Å²) in [6.45, 7) is 0.486. The molecule has 3 aliphatic rings. The molecule has 0 bridgehead atoms. The Morgan fingerprint density at radius 1 is 1.35 bits per heavy atom. The summed E-state index contributed by atoms with van der Waals surface area (Å²) in [5.74, 6) is -2.74. The minimum absolute atomic E-state index is 0.0225. The van der Waals surface area contributed by atoms with Crippen LogP contribution in [0.2, 0.25) is 0 Å². The molecule has 0 aromatic carbocycles. The number of carbonyl (C=O) groups excluding carboxylic acids is 2. The first-order valence-electron chi connectivity index (χ1n) is 5.32. The van der Waals surface area contributed by atoms with Crippen LogP contribution in [-0.4, -0.2) is 41.6 Å². The molecule has 3 atom stereocenters. The predicted molar refractivity (Wildman–Crippen MR) is 52.6 cm³/mol. The van der Waals surface area contributed by atoms with Crippen molar-refractivity contribution in [2.24, 2.45) is 5.92 Å². The summed E-state index contributed by atoms with van der Waals surface area (Å²) in [5, 5.41) is 14.2. The van der Waals surface area contributed by atoms with Crippen LogP contribution in [0, 0.1) is 5.92 Å². The number of hydrogen-bond donors (Lipinski definition) is 3. The lowest BCUT2D eigenvalue weighted by atomic mass is 9.87. The number of rotatable bonds is 1. The molecule has 3 rings (SSSR count). The molecule has 3 unspecified atom stereocenters. The first-order valence-corrected chi connectivity index (χ1v) is 5.32. The maximum absolute atomic E-state index is 11.5. The van der Waals surface area contributed by atoms with Crippen molar-refractivity contribution in [3.63, 3.8) is 0 Å². The lowest BCUT2D eigenvalue weighted by molar-refractivity contribution is -0.149. The highest BCUT2D eigenvalue weighted by molar-refractivity contribution is 6.19. The van der Waals surface area contributed by atoms with Crippen LogP contribution >= 0.6 is 0 Å². The molecule has 1 fully saturated rings. The Morgan fingerprint density at radius 2 is 2.12 bits per heavy atom. The number of ether oxygens (including phenoxy) is 1. The number of amides is 2. The second kappa shape index (κ2) is 3.30. The van der Waals surface area contributed by atoms with Crippen LogP contribution in [0.4, 0.5) is 0 Å². The van der Waals surface area contributed by atoms with Gasteiger partial charge in [0.1, 0.15) is 6.10 Å². The SMILES string of the molecule is O=C1NC(=O)C2=C1OC1C(C(=O)O)CCNC21. The first kappa shape index (κ1) is 10.3. The zero-order valence-electron chi connectivity index (χ0n) is 8.73. The lowest BCUT2D eigenvalue weighted by Gasteiger charge is -2.32. The van der Waals surface area contributed by atoms with Crippen LogP contribution in [0.1, 0.15) is 6.42 Å². The van der Waals surface area contributed by atoms with Gasteiger partial charge < -0.3 is 15.2 Å². The molecule has 17 heavy (non-hydrogen) atoms. The molecule has 0 aromatic heterocycles. The number of nitrogens with one attached hydrogen (secondary N) is 2. The van der Waals surface area contributed by atoms with Crippen molar-refractivity contribution in [1.29, 1.82) is 0 Å². The summed E-state index contributed by atoms with van der Waals surface area (Å²) in [4.78, 5) is 34.0. The summed E-state index contributed by atoms with van der Waals surface area (Å²) < 4.78 is 5.35. The highest BCUT2D eigenvalue weighted by atomic mass is 16.5. The molecule has 2 amide bonds. The van der Waals surface area contributed by atoms with Gasteiger partial charge in [0, 0.05) is 0 Å². The topological polar surface area (TPSA) is 105 Å². The fourth-order valence-electron chi connectivity index (χ4n) is 2.58. The lowest BCUT2D eigenvalue weighted by Crippen LogP contribution is -2.53. The van der Waals surface area contributed by atoms with E-state index in [0.29, 0.717) is 13.0 Å². The van der Waals surface area contributed by atoms with Crippen LogP contribution in [0.25, 0.3) is 0 Å². The van der Waals surface area contributed by atoms with E-state index in [0.717, 1.165) is 0 Å². The summed E-state index contributed by atoms with van der Waals surface area (Å²) in [6.07, 6.45) is -0.242. The molecule has 3 heterocycles. The number of carbonyl (C=O) groups is 3. The van der Waals surface area contributed by atoms with Crippen LogP contribution in [-0.2, 0) is 19.1 Å². The zero-order valence-corrected chi connectivity index (χ0v) is 8.73. The quantitative estimate of drug-likeness (QED) is 0.473. The molecule has 0 radical (unpaired) electrons. The van der Waals surface area contributed by atoms with Gasteiger partial charge in [-0.05, 0) is 13.0 Å². The first-order chi connectivity index (χ1) is 8.09. The average molecular weight is 238 g/mol.